The summed E-state index contributed by atoms with van der Waals surface area (Å²) in [6, 6.07) is 8.39. The van der Waals surface area contributed by atoms with Crippen molar-refractivity contribution in [3.63, 3.8) is 0 Å². The molecule has 2 heterocycles. The van der Waals surface area contributed by atoms with E-state index in [-0.39, 0.29) is 17.5 Å². The summed E-state index contributed by atoms with van der Waals surface area (Å²) < 4.78 is 0. The largest absolute Gasteiger partial charge is 0.478 e. The lowest BCUT2D eigenvalue weighted by Crippen LogP contribution is -2.39. The number of rotatable bonds is 3. The summed E-state index contributed by atoms with van der Waals surface area (Å²) >= 11 is 1.76. The molecule has 0 unspecified atom stereocenters. The van der Waals surface area contributed by atoms with Crippen molar-refractivity contribution in [3.8, 4) is 0 Å². The maximum absolute atomic E-state index is 12.8. The van der Waals surface area contributed by atoms with E-state index in [9.17, 15) is 9.59 Å². The van der Waals surface area contributed by atoms with Gasteiger partial charge in [0.15, 0.2) is 0 Å². The Labute approximate surface area is 133 Å². The molecule has 1 N–H and O–H groups in total. The van der Waals surface area contributed by atoms with E-state index in [0.717, 1.165) is 12.8 Å². The highest BCUT2D eigenvalue weighted by Gasteiger charge is 2.30. The van der Waals surface area contributed by atoms with Crippen LogP contribution in [0.4, 0.5) is 0 Å². The van der Waals surface area contributed by atoms with Crippen molar-refractivity contribution in [1.82, 2.24) is 4.90 Å². The van der Waals surface area contributed by atoms with Gasteiger partial charge in [-0.25, -0.2) is 4.79 Å². The van der Waals surface area contributed by atoms with Gasteiger partial charge in [-0.3, -0.25) is 4.79 Å². The molecule has 0 bridgehead atoms. The fourth-order valence-electron chi connectivity index (χ4n) is 3.00. The molecule has 0 spiro atoms. The van der Waals surface area contributed by atoms with E-state index < -0.39 is 5.97 Å². The average molecular weight is 315 g/mol. The quantitative estimate of drug-likeness (QED) is 0.941. The van der Waals surface area contributed by atoms with Gasteiger partial charge >= 0.3 is 5.97 Å². The van der Waals surface area contributed by atoms with Crippen LogP contribution in [-0.4, -0.2) is 28.4 Å². The summed E-state index contributed by atoms with van der Waals surface area (Å²) in [6.07, 6.45) is 1.77. The average Bonchev–Trinajstić information content (AvgIpc) is 3.01. The molecule has 1 amide bonds. The van der Waals surface area contributed by atoms with Crippen molar-refractivity contribution in [2.24, 2.45) is 0 Å². The van der Waals surface area contributed by atoms with Gasteiger partial charge in [0, 0.05) is 17.0 Å². The molecule has 3 rings (SSSR count). The molecular weight excluding hydrogens is 298 g/mol. The molecule has 1 aromatic carbocycles. The first-order valence-corrected chi connectivity index (χ1v) is 8.20. The van der Waals surface area contributed by atoms with Gasteiger partial charge in [0.2, 0.25) is 0 Å². The molecule has 0 saturated heterocycles. The Balaban J connectivity index is 1.87. The monoisotopic (exact) mass is 315 g/mol. The number of carboxylic acids is 1. The minimum absolute atomic E-state index is 0.0272. The van der Waals surface area contributed by atoms with Crippen LogP contribution in [0.15, 0.2) is 35.7 Å². The maximum Gasteiger partial charge on any atom is 0.335 e. The molecule has 22 heavy (non-hydrogen) atoms. The normalized spacial score (nSPS) is 17.1. The number of carbonyl (C=O) groups excluding carboxylic acids is 1. The summed E-state index contributed by atoms with van der Waals surface area (Å²) in [5.41, 5.74) is 2.00. The second-order valence-corrected chi connectivity index (χ2v) is 6.35. The van der Waals surface area contributed by atoms with Crippen LogP contribution in [-0.2, 0) is 6.42 Å². The second kappa shape index (κ2) is 5.93. The van der Waals surface area contributed by atoms with E-state index in [4.69, 9.17) is 5.11 Å². The maximum atomic E-state index is 12.8. The van der Waals surface area contributed by atoms with E-state index >= 15 is 0 Å². The van der Waals surface area contributed by atoms with Gasteiger partial charge in [-0.1, -0.05) is 6.92 Å². The number of benzene rings is 1. The number of carbonyl (C=O) groups is 2. The minimum Gasteiger partial charge on any atom is -0.478 e. The van der Waals surface area contributed by atoms with Crippen LogP contribution in [0.1, 0.15) is 50.5 Å². The lowest BCUT2D eigenvalue weighted by Gasteiger charge is -2.35. The van der Waals surface area contributed by atoms with E-state index in [1.165, 1.54) is 22.6 Å². The highest BCUT2D eigenvalue weighted by molar-refractivity contribution is 7.10. The number of carboxylic acid groups (broad SMARTS) is 1. The van der Waals surface area contributed by atoms with E-state index in [2.05, 4.69) is 18.4 Å². The van der Waals surface area contributed by atoms with Crippen molar-refractivity contribution in [2.75, 3.05) is 6.54 Å². The molecule has 2 aromatic rings. The first-order chi connectivity index (χ1) is 10.6. The molecule has 114 valence electrons. The summed E-state index contributed by atoms with van der Waals surface area (Å²) in [6.45, 7) is 2.80. The van der Waals surface area contributed by atoms with Gasteiger partial charge < -0.3 is 10.0 Å². The first kappa shape index (κ1) is 14.8. The van der Waals surface area contributed by atoms with Crippen LogP contribution >= 0.6 is 11.3 Å². The lowest BCUT2D eigenvalue weighted by atomic mass is 9.96. The van der Waals surface area contributed by atoms with Crippen molar-refractivity contribution in [2.45, 2.75) is 25.8 Å². The van der Waals surface area contributed by atoms with E-state index in [0.29, 0.717) is 12.1 Å². The smallest absolute Gasteiger partial charge is 0.335 e. The van der Waals surface area contributed by atoms with Crippen molar-refractivity contribution in [1.29, 1.82) is 0 Å². The number of amides is 1. The third kappa shape index (κ3) is 2.52. The molecule has 0 radical (unpaired) electrons. The summed E-state index contributed by atoms with van der Waals surface area (Å²) in [4.78, 5) is 26.9. The Bertz CT molecular complexity index is 705. The van der Waals surface area contributed by atoms with Crippen LogP contribution in [0.25, 0.3) is 0 Å². The highest BCUT2D eigenvalue weighted by atomic mass is 32.1. The molecule has 0 aliphatic carbocycles. The lowest BCUT2D eigenvalue weighted by molar-refractivity contribution is 0.0653. The summed E-state index contributed by atoms with van der Waals surface area (Å²) in [5.74, 6) is -1.01. The molecule has 0 saturated carbocycles. The molecular formula is C17H17NO3S. The minimum atomic E-state index is -0.980. The van der Waals surface area contributed by atoms with Gasteiger partial charge in [-0.15, -0.1) is 11.3 Å². The van der Waals surface area contributed by atoms with Crippen LogP contribution < -0.4 is 0 Å². The fourth-order valence-corrected chi connectivity index (χ4v) is 3.93. The van der Waals surface area contributed by atoms with Crippen molar-refractivity contribution in [3.05, 3.63) is 57.3 Å². The van der Waals surface area contributed by atoms with Crippen LogP contribution in [0, 0.1) is 0 Å². The molecule has 1 aromatic heterocycles. The van der Waals surface area contributed by atoms with Gasteiger partial charge in [-0.05, 0) is 54.1 Å². The zero-order valence-corrected chi connectivity index (χ0v) is 13.1. The van der Waals surface area contributed by atoms with Crippen molar-refractivity contribution >= 4 is 23.2 Å². The summed E-state index contributed by atoms with van der Waals surface area (Å²) in [7, 11) is 0. The Kier molecular flexibility index (Phi) is 3.98. The number of aromatic carboxylic acids is 1. The predicted molar refractivity (Wildman–Crippen MR) is 85.5 cm³/mol. The molecule has 4 nitrogen and oxygen atoms in total. The first-order valence-electron chi connectivity index (χ1n) is 7.32. The number of fused-ring (bicyclic) bond motifs is 1. The van der Waals surface area contributed by atoms with E-state index in [1.807, 2.05) is 4.90 Å². The Morgan fingerprint density at radius 2 is 1.91 bits per heavy atom. The zero-order chi connectivity index (χ0) is 15.7. The van der Waals surface area contributed by atoms with Crippen molar-refractivity contribution < 1.29 is 14.7 Å². The molecule has 1 aliphatic rings. The topological polar surface area (TPSA) is 57.6 Å². The van der Waals surface area contributed by atoms with Crippen LogP contribution in [0.3, 0.4) is 0 Å². The van der Waals surface area contributed by atoms with Crippen LogP contribution in [0.2, 0.25) is 0 Å². The second-order valence-electron chi connectivity index (χ2n) is 5.35. The third-order valence-corrected chi connectivity index (χ3v) is 5.12. The van der Waals surface area contributed by atoms with Crippen LogP contribution in [0.5, 0.6) is 0 Å². The Morgan fingerprint density at radius 3 is 2.55 bits per heavy atom. The number of nitrogens with zero attached hydrogens (tertiary/aromatic N) is 1. The third-order valence-electron chi connectivity index (χ3n) is 4.12. The highest BCUT2D eigenvalue weighted by Crippen LogP contribution is 2.35. The van der Waals surface area contributed by atoms with Gasteiger partial charge in [-0.2, -0.15) is 0 Å². The number of hydrogen-bond donors (Lipinski definition) is 1. The molecule has 5 heteroatoms. The predicted octanol–water partition coefficient (Wildman–Crippen LogP) is 3.60. The number of hydrogen-bond acceptors (Lipinski definition) is 3. The van der Waals surface area contributed by atoms with E-state index in [1.54, 1.807) is 23.5 Å². The van der Waals surface area contributed by atoms with Gasteiger partial charge in [0.25, 0.3) is 5.91 Å². The molecule has 0 fully saturated rings. The number of thiophene rings is 1. The Morgan fingerprint density at radius 1 is 1.23 bits per heavy atom. The Hall–Kier alpha value is -2.14. The van der Waals surface area contributed by atoms with Gasteiger partial charge in [0.1, 0.15) is 0 Å². The molecule has 1 atom stereocenters. The summed E-state index contributed by atoms with van der Waals surface area (Å²) in [5, 5.41) is 11.0. The zero-order valence-electron chi connectivity index (χ0n) is 12.3. The molecule has 1 aliphatic heterocycles. The van der Waals surface area contributed by atoms with Gasteiger partial charge in [0.05, 0.1) is 11.6 Å². The fraction of sp³-hybridized carbons (Fsp3) is 0.294. The standard InChI is InChI=1S/C17H17NO3S/c1-2-14-13-8-10-22-15(13)7-9-18(14)16(19)11-3-5-12(6-4-11)17(20)21/h3-6,8,10,14H,2,7,9H2,1H3,(H,20,21)/t14-/m1/s1. The SMILES string of the molecule is CC[C@@H]1c2ccsc2CCN1C(=O)c1ccc(C(=O)O)cc1.